The SMILES string of the molecule is CCn1nc(C(=O)N2CCCCC2)cc1-c1ccc(OC)cc1F. The Balaban J connectivity index is 1.94. The van der Waals surface area contributed by atoms with Gasteiger partial charge in [0.2, 0.25) is 0 Å². The summed E-state index contributed by atoms with van der Waals surface area (Å²) in [6, 6.07) is 6.39. The quantitative estimate of drug-likeness (QED) is 0.863. The van der Waals surface area contributed by atoms with Crippen molar-refractivity contribution in [2.75, 3.05) is 20.2 Å². The molecule has 0 spiro atoms. The number of hydrogen-bond donors (Lipinski definition) is 0. The molecule has 2 heterocycles. The number of carbonyl (C=O) groups excluding carboxylic acids is 1. The molecule has 5 nitrogen and oxygen atoms in total. The lowest BCUT2D eigenvalue weighted by atomic mass is 10.1. The number of hydrogen-bond acceptors (Lipinski definition) is 3. The summed E-state index contributed by atoms with van der Waals surface area (Å²) in [5.41, 5.74) is 1.41. The zero-order valence-corrected chi connectivity index (χ0v) is 14.1. The first-order valence-electron chi connectivity index (χ1n) is 8.35. The summed E-state index contributed by atoms with van der Waals surface area (Å²) >= 11 is 0. The lowest BCUT2D eigenvalue weighted by Gasteiger charge is -2.25. The van der Waals surface area contributed by atoms with E-state index in [1.54, 1.807) is 22.9 Å². The molecule has 0 N–H and O–H groups in total. The molecule has 1 fully saturated rings. The number of aromatic nitrogens is 2. The van der Waals surface area contributed by atoms with Crippen LogP contribution in [0.5, 0.6) is 5.75 Å². The first-order valence-corrected chi connectivity index (χ1v) is 8.35. The van der Waals surface area contributed by atoms with Crippen LogP contribution in [0.3, 0.4) is 0 Å². The van der Waals surface area contributed by atoms with Gasteiger partial charge in [0.25, 0.3) is 5.91 Å². The number of halogens is 1. The van der Waals surface area contributed by atoms with Gasteiger partial charge in [0, 0.05) is 31.3 Å². The summed E-state index contributed by atoms with van der Waals surface area (Å²) in [4.78, 5) is 14.5. The van der Waals surface area contributed by atoms with Gasteiger partial charge in [0.1, 0.15) is 11.6 Å². The number of benzene rings is 1. The fourth-order valence-corrected chi connectivity index (χ4v) is 3.07. The van der Waals surface area contributed by atoms with Crippen LogP contribution in [-0.2, 0) is 6.54 Å². The standard InChI is InChI=1S/C18H22FN3O2/c1-3-22-17(14-8-7-13(24-2)11-15(14)19)12-16(20-22)18(23)21-9-5-4-6-10-21/h7-8,11-12H,3-6,9-10H2,1-2H3. The minimum Gasteiger partial charge on any atom is -0.497 e. The van der Waals surface area contributed by atoms with Crippen LogP contribution >= 0.6 is 0 Å². The van der Waals surface area contributed by atoms with Gasteiger partial charge < -0.3 is 9.64 Å². The second-order valence-electron chi connectivity index (χ2n) is 5.93. The maximum atomic E-state index is 14.4. The van der Waals surface area contributed by atoms with Crippen molar-refractivity contribution in [2.45, 2.75) is 32.7 Å². The maximum absolute atomic E-state index is 14.4. The predicted octanol–water partition coefficient (Wildman–Crippen LogP) is 3.34. The third-order valence-electron chi connectivity index (χ3n) is 4.39. The molecule has 0 saturated carbocycles. The Labute approximate surface area is 141 Å². The Morgan fingerprint density at radius 2 is 2.00 bits per heavy atom. The number of rotatable bonds is 4. The fourth-order valence-electron chi connectivity index (χ4n) is 3.07. The maximum Gasteiger partial charge on any atom is 0.274 e. The number of amides is 1. The van der Waals surface area contributed by atoms with Gasteiger partial charge in [0.15, 0.2) is 5.69 Å². The minimum atomic E-state index is -0.388. The summed E-state index contributed by atoms with van der Waals surface area (Å²) in [5.74, 6) is 0.00132. The van der Waals surface area contributed by atoms with Gasteiger partial charge in [-0.25, -0.2) is 4.39 Å². The van der Waals surface area contributed by atoms with Crippen molar-refractivity contribution in [1.82, 2.24) is 14.7 Å². The van der Waals surface area contributed by atoms with Crippen LogP contribution in [0.15, 0.2) is 24.3 Å². The Morgan fingerprint density at radius 1 is 1.25 bits per heavy atom. The first-order chi connectivity index (χ1) is 11.6. The molecule has 2 aromatic rings. The summed E-state index contributed by atoms with van der Waals surface area (Å²) in [6.07, 6.45) is 3.22. The molecule has 0 atom stereocenters. The fraction of sp³-hybridized carbons (Fsp3) is 0.444. The van der Waals surface area contributed by atoms with E-state index in [0.717, 1.165) is 32.4 Å². The molecule has 1 aliphatic rings. The third-order valence-corrected chi connectivity index (χ3v) is 4.39. The van der Waals surface area contributed by atoms with Gasteiger partial charge >= 0.3 is 0 Å². The van der Waals surface area contributed by atoms with Gasteiger partial charge in [-0.15, -0.1) is 0 Å². The van der Waals surface area contributed by atoms with E-state index in [-0.39, 0.29) is 11.7 Å². The highest BCUT2D eigenvalue weighted by atomic mass is 19.1. The van der Waals surface area contributed by atoms with Gasteiger partial charge in [-0.1, -0.05) is 0 Å². The van der Waals surface area contributed by atoms with E-state index in [9.17, 15) is 9.18 Å². The molecule has 1 aromatic carbocycles. The van der Waals surface area contributed by atoms with Gasteiger partial charge in [-0.3, -0.25) is 9.48 Å². The molecule has 6 heteroatoms. The van der Waals surface area contributed by atoms with Crippen LogP contribution < -0.4 is 4.74 Å². The van der Waals surface area contributed by atoms with Crippen LogP contribution in [0.25, 0.3) is 11.3 Å². The van der Waals surface area contributed by atoms with Crippen LogP contribution in [0, 0.1) is 5.82 Å². The number of likely N-dealkylation sites (tertiary alicyclic amines) is 1. The second kappa shape index (κ2) is 7.03. The highest BCUT2D eigenvalue weighted by molar-refractivity contribution is 5.93. The number of aryl methyl sites for hydroxylation is 1. The Bertz CT molecular complexity index is 736. The van der Waals surface area contributed by atoms with Crippen molar-refractivity contribution in [3.63, 3.8) is 0 Å². The van der Waals surface area contributed by atoms with E-state index in [0.29, 0.717) is 29.2 Å². The molecule has 1 aliphatic heterocycles. The highest BCUT2D eigenvalue weighted by Gasteiger charge is 2.23. The average molecular weight is 331 g/mol. The number of nitrogens with zero attached hydrogens (tertiary/aromatic N) is 3. The first kappa shape index (κ1) is 16.5. The molecule has 0 bridgehead atoms. The number of piperidine rings is 1. The molecule has 1 aromatic heterocycles. The topological polar surface area (TPSA) is 47.4 Å². The van der Waals surface area contributed by atoms with E-state index in [2.05, 4.69) is 5.10 Å². The lowest BCUT2D eigenvalue weighted by Crippen LogP contribution is -2.35. The zero-order valence-electron chi connectivity index (χ0n) is 14.1. The molecule has 1 amide bonds. The van der Waals surface area contributed by atoms with Crippen LogP contribution in [0.4, 0.5) is 4.39 Å². The van der Waals surface area contributed by atoms with Crippen molar-refractivity contribution in [3.8, 4) is 17.0 Å². The Kier molecular flexibility index (Phi) is 4.83. The van der Waals surface area contributed by atoms with Gasteiger partial charge in [-0.05, 0) is 44.4 Å². The van der Waals surface area contributed by atoms with Crippen LogP contribution in [0.1, 0.15) is 36.7 Å². The van der Waals surface area contributed by atoms with E-state index in [4.69, 9.17) is 4.74 Å². The van der Waals surface area contributed by atoms with Crippen molar-refractivity contribution >= 4 is 5.91 Å². The van der Waals surface area contributed by atoms with Crippen molar-refractivity contribution in [3.05, 3.63) is 35.8 Å². The number of carbonyl (C=O) groups is 1. The number of methoxy groups -OCH3 is 1. The third kappa shape index (κ3) is 3.13. The van der Waals surface area contributed by atoms with Crippen LogP contribution in [0.2, 0.25) is 0 Å². The van der Waals surface area contributed by atoms with Crippen molar-refractivity contribution < 1.29 is 13.9 Å². The lowest BCUT2D eigenvalue weighted by molar-refractivity contribution is 0.0717. The molecule has 24 heavy (non-hydrogen) atoms. The molecule has 128 valence electrons. The molecule has 0 unspecified atom stereocenters. The number of ether oxygens (including phenoxy) is 1. The van der Waals surface area contributed by atoms with E-state index in [1.165, 1.54) is 13.2 Å². The molecular formula is C18H22FN3O2. The summed E-state index contributed by atoms with van der Waals surface area (Å²) in [6.45, 7) is 4.02. The monoisotopic (exact) mass is 331 g/mol. The summed E-state index contributed by atoms with van der Waals surface area (Å²) in [7, 11) is 1.50. The average Bonchev–Trinajstić information content (AvgIpc) is 3.05. The van der Waals surface area contributed by atoms with Crippen molar-refractivity contribution in [1.29, 1.82) is 0 Å². The van der Waals surface area contributed by atoms with E-state index in [1.807, 2.05) is 11.8 Å². The molecule has 3 rings (SSSR count). The normalized spacial score (nSPS) is 14.7. The molecule has 1 saturated heterocycles. The zero-order chi connectivity index (χ0) is 17.1. The van der Waals surface area contributed by atoms with Gasteiger partial charge in [-0.2, -0.15) is 5.10 Å². The Morgan fingerprint density at radius 3 is 2.62 bits per heavy atom. The minimum absolute atomic E-state index is 0.0722. The van der Waals surface area contributed by atoms with Gasteiger partial charge in [0.05, 0.1) is 12.8 Å². The van der Waals surface area contributed by atoms with Crippen molar-refractivity contribution in [2.24, 2.45) is 0 Å². The molecular weight excluding hydrogens is 309 g/mol. The van der Waals surface area contributed by atoms with E-state index >= 15 is 0 Å². The predicted molar refractivity (Wildman–Crippen MR) is 89.6 cm³/mol. The summed E-state index contributed by atoms with van der Waals surface area (Å²) in [5, 5.41) is 4.39. The van der Waals surface area contributed by atoms with Crippen LogP contribution in [-0.4, -0.2) is 40.8 Å². The Hall–Kier alpha value is -2.37. The van der Waals surface area contributed by atoms with E-state index < -0.39 is 0 Å². The second-order valence-corrected chi connectivity index (χ2v) is 5.93. The summed E-state index contributed by atoms with van der Waals surface area (Å²) < 4.78 is 21.1. The smallest absolute Gasteiger partial charge is 0.274 e. The molecule has 0 aliphatic carbocycles. The molecule has 0 radical (unpaired) electrons. The largest absolute Gasteiger partial charge is 0.497 e. The highest BCUT2D eigenvalue weighted by Crippen LogP contribution is 2.27.